The third-order valence-electron chi connectivity index (χ3n) is 8.80. The van der Waals surface area contributed by atoms with Gasteiger partial charge in [0.15, 0.2) is 0 Å². The van der Waals surface area contributed by atoms with E-state index in [0.29, 0.717) is 42.1 Å². The van der Waals surface area contributed by atoms with Crippen molar-refractivity contribution in [3.8, 4) is 0 Å². The maximum atomic E-state index is 13.9. The number of benzene rings is 1. The number of likely N-dealkylation sites (tertiary alicyclic amines) is 1. The molecule has 2 saturated heterocycles. The number of carbonyl (C=O) groups is 3. The normalized spacial score (nSPS) is 36.1. The molecule has 200 valence electrons. The molecule has 2 bridgehead atoms. The lowest BCUT2D eigenvalue weighted by Crippen LogP contribution is -2.58. The third kappa shape index (κ3) is 4.57. The zero-order valence-corrected chi connectivity index (χ0v) is 22.4. The maximum Gasteiger partial charge on any atom is 0.246 e. The van der Waals surface area contributed by atoms with Gasteiger partial charge in [0.25, 0.3) is 0 Å². The number of methoxy groups -OCH3 is 1. The first kappa shape index (κ1) is 26.2. The molecule has 1 spiro atoms. The number of halogens is 1. The highest BCUT2D eigenvalue weighted by Crippen LogP contribution is 2.55. The van der Waals surface area contributed by atoms with E-state index in [1.165, 1.54) is 0 Å². The Labute approximate surface area is 223 Å². The Morgan fingerprint density at radius 3 is 2.81 bits per heavy atom. The second kappa shape index (κ2) is 10.4. The fourth-order valence-electron chi connectivity index (χ4n) is 6.73. The van der Waals surface area contributed by atoms with Gasteiger partial charge in [0.05, 0.1) is 17.9 Å². The van der Waals surface area contributed by atoms with Gasteiger partial charge in [-0.3, -0.25) is 14.4 Å². The first-order valence-electron chi connectivity index (χ1n) is 13.3. The summed E-state index contributed by atoms with van der Waals surface area (Å²) in [5.74, 6) is -1.40. The Balaban J connectivity index is 1.42. The standard InChI is InChI=1S/C28H36ClN3O5/c1-16-7-4-10-20(17(16)2)31-26(34)24-28-12-11-21(37-28)22(23(28)27(35)32(24)13-6-14-36-3)25(33)30-19-9-5-8-18(29)15-19/h5,8-9,11-12,15-17,20-24H,4,6-7,10,13-14H2,1-3H3,(H,30,33)(H,31,34)/t16?,17?,20?,21-,22?,23-,24?,28?/m1/s1. The summed E-state index contributed by atoms with van der Waals surface area (Å²) < 4.78 is 11.6. The van der Waals surface area contributed by atoms with Crippen molar-refractivity contribution < 1.29 is 23.9 Å². The summed E-state index contributed by atoms with van der Waals surface area (Å²) in [6.45, 7) is 5.22. The molecular formula is C28H36ClN3O5. The highest BCUT2D eigenvalue weighted by atomic mass is 35.5. The lowest BCUT2D eigenvalue weighted by atomic mass is 9.73. The Bertz CT molecular complexity index is 1100. The molecule has 3 fully saturated rings. The number of nitrogens with zero attached hydrogens (tertiary/aromatic N) is 1. The number of rotatable bonds is 8. The second-order valence-corrected chi connectivity index (χ2v) is 11.4. The zero-order chi connectivity index (χ0) is 26.3. The molecule has 2 N–H and O–H groups in total. The van der Waals surface area contributed by atoms with E-state index in [9.17, 15) is 14.4 Å². The number of hydrogen-bond donors (Lipinski definition) is 2. The van der Waals surface area contributed by atoms with Crippen molar-refractivity contribution >= 4 is 35.0 Å². The molecule has 8 atom stereocenters. The summed E-state index contributed by atoms with van der Waals surface area (Å²) in [6, 6.07) is 6.10. The van der Waals surface area contributed by atoms with E-state index in [2.05, 4.69) is 24.5 Å². The van der Waals surface area contributed by atoms with Crippen LogP contribution < -0.4 is 10.6 Å². The average molecular weight is 530 g/mol. The van der Waals surface area contributed by atoms with Crippen molar-refractivity contribution in [1.82, 2.24) is 10.2 Å². The fourth-order valence-corrected chi connectivity index (χ4v) is 6.92. The largest absolute Gasteiger partial charge is 0.385 e. The zero-order valence-electron chi connectivity index (χ0n) is 21.6. The molecule has 8 nitrogen and oxygen atoms in total. The Kier molecular flexibility index (Phi) is 7.35. The molecule has 0 aromatic heterocycles. The van der Waals surface area contributed by atoms with Crippen LogP contribution in [0.2, 0.25) is 5.02 Å². The lowest BCUT2D eigenvalue weighted by molar-refractivity contribution is -0.141. The molecular weight excluding hydrogens is 494 g/mol. The third-order valence-corrected chi connectivity index (χ3v) is 9.03. The van der Waals surface area contributed by atoms with Crippen LogP contribution in [0.15, 0.2) is 36.4 Å². The van der Waals surface area contributed by atoms with E-state index in [0.717, 1.165) is 19.3 Å². The van der Waals surface area contributed by atoms with Crippen molar-refractivity contribution in [2.45, 2.75) is 63.3 Å². The van der Waals surface area contributed by atoms with E-state index < -0.39 is 29.6 Å². The summed E-state index contributed by atoms with van der Waals surface area (Å²) in [6.07, 6.45) is 6.82. The van der Waals surface area contributed by atoms with Crippen molar-refractivity contribution in [1.29, 1.82) is 0 Å². The summed E-state index contributed by atoms with van der Waals surface area (Å²) in [7, 11) is 1.61. The van der Waals surface area contributed by atoms with Crippen LogP contribution in [-0.2, 0) is 23.9 Å². The van der Waals surface area contributed by atoms with Crippen LogP contribution in [-0.4, -0.2) is 66.7 Å². The number of anilines is 1. The van der Waals surface area contributed by atoms with E-state index >= 15 is 0 Å². The maximum absolute atomic E-state index is 13.9. The van der Waals surface area contributed by atoms with E-state index in [1.807, 2.05) is 12.2 Å². The lowest BCUT2D eigenvalue weighted by Gasteiger charge is -2.38. The summed E-state index contributed by atoms with van der Waals surface area (Å²) in [5.41, 5.74) is -0.617. The highest BCUT2D eigenvalue weighted by Gasteiger charge is 2.72. The van der Waals surface area contributed by atoms with Crippen LogP contribution in [0, 0.1) is 23.7 Å². The van der Waals surface area contributed by atoms with Crippen LogP contribution >= 0.6 is 11.6 Å². The quantitative estimate of drug-likeness (QED) is 0.397. The second-order valence-electron chi connectivity index (χ2n) is 11.0. The van der Waals surface area contributed by atoms with Gasteiger partial charge in [-0.1, -0.05) is 56.5 Å². The number of ether oxygens (including phenoxy) is 2. The van der Waals surface area contributed by atoms with Gasteiger partial charge in [-0.25, -0.2) is 0 Å². The van der Waals surface area contributed by atoms with Crippen LogP contribution in [0.1, 0.15) is 39.5 Å². The van der Waals surface area contributed by atoms with E-state index in [-0.39, 0.29) is 23.8 Å². The van der Waals surface area contributed by atoms with Gasteiger partial charge in [0.2, 0.25) is 17.7 Å². The van der Waals surface area contributed by atoms with Crippen LogP contribution in [0.4, 0.5) is 5.69 Å². The van der Waals surface area contributed by atoms with Gasteiger partial charge in [-0.2, -0.15) is 0 Å². The fraction of sp³-hybridized carbons (Fsp3) is 0.607. The molecule has 0 radical (unpaired) electrons. The van der Waals surface area contributed by atoms with Crippen molar-refractivity contribution in [2.75, 3.05) is 25.6 Å². The van der Waals surface area contributed by atoms with E-state index in [4.69, 9.17) is 21.1 Å². The van der Waals surface area contributed by atoms with Gasteiger partial charge in [-0.05, 0) is 42.9 Å². The Morgan fingerprint density at radius 1 is 1.24 bits per heavy atom. The monoisotopic (exact) mass is 529 g/mol. The number of amides is 3. The summed E-state index contributed by atoms with van der Waals surface area (Å²) >= 11 is 6.09. The molecule has 1 aliphatic carbocycles. The number of hydrogen-bond acceptors (Lipinski definition) is 5. The predicted octanol–water partition coefficient (Wildman–Crippen LogP) is 3.41. The molecule has 3 amide bonds. The topological polar surface area (TPSA) is 97.0 Å². The van der Waals surface area contributed by atoms with Crippen molar-refractivity contribution in [3.05, 3.63) is 41.4 Å². The summed E-state index contributed by atoms with van der Waals surface area (Å²) in [4.78, 5) is 42.9. The van der Waals surface area contributed by atoms with Gasteiger partial charge in [0, 0.05) is 37.0 Å². The first-order chi connectivity index (χ1) is 17.8. The highest BCUT2D eigenvalue weighted by molar-refractivity contribution is 6.30. The van der Waals surface area contributed by atoms with Crippen LogP contribution in [0.3, 0.4) is 0 Å². The minimum Gasteiger partial charge on any atom is -0.385 e. The van der Waals surface area contributed by atoms with E-state index in [1.54, 1.807) is 36.3 Å². The molecule has 9 heteroatoms. The molecule has 1 aromatic carbocycles. The molecule has 37 heavy (non-hydrogen) atoms. The average Bonchev–Trinajstić information content (AvgIpc) is 3.50. The van der Waals surface area contributed by atoms with Gasteiger partial charge < -0.3 is 25.0 Å². The number of fused-ring (bicyclic) bond motifs is 1. The van der Waals surface area contributed by atoms with Crippen molar-refractivity contribution in [3.63, 3.8) is 0 Å². The Hall–Kier alpha value is -2.42. The Morgan fingerprint density at radius 2 is 2.05 bits per heavy atom. The minimum absolute atomic E-state index is 0.0483. The SMILES string of the molecule is COCCCN1C(=O)[C@H]2C(C(=O)Nc3cccc(Cl)c3)[C@H]3C=CC2(O3)C1C(=O)NC1CCCC(C)C1C. The van der Waals surface area contributed by atoms with Gasteiger partial charge in [-0.15, -0.1) is 0 Å². The van der Waals surface area contributed by atoms with Gasteiger partial charge >= 0.3 is 0 Å². The summed E-state index contributed by atoms with van der Waals surface area (Å²) in [5, 5.41) is 6.67. The molecule has 4 aliphatic rings. The number of carbonyl (C=O) groups excluding carboxylic acids is 3. The number of nitrogens with one attached hydrogen (secondary N) is 2. The van der Waals surface area contributed by atoms with Crippen molar-refractivity contribution in [2.24, 2.45) is 23.7 Å². The molecule has 6 unspecified atom stereocenters. The first-order valence-corrected chi connectivity index (χ1v) is 13.7. The molecule has 3 aliphatic heterocycles. The molecule has 3 heterocycles. The van der Waals surface area contributed by atoms with Crippen LogP contribution in [0.25, 0.3) is 0 Å². The predicted molar refractivity (Wildman–Crippen MR) is 140 cm³/mol. The molecule has 1 saturated carbocycles. The van der Waals surface area contributed by atoms with Crippen LogP contribution in [0.5, 0.6) is 0 Å². The molecule has 5 rings (SSSR count). The smallest absolute Gasteiger partial charge is 0.246 e. The molecule has 1 aromatic rings. The van der Waals surface area contributed by atoms with Gasteiger partial charge in [0.1, 0.15) is 11.6 Å². The minimum atomic E-state index is -1.17.